The molecule has 2 aromatic carbocycles. The maximum Gasteiger partial charge on any atom is 0.119 e. The minimum Gasteiger partial charge on any atom is -0.497 e. The number of nitrogens with zero attached hydrogens (tertiary/aromatic N) is 1. The van der Waals surface area contributed by atoms with Gasteiger partial charge >= 0.3 is 0 Å². The highest BCUT2D eigenvalue weighted by atomic mass is 16.5. The van der Waals surface area contributed by atoms with Gasteiger partial charge in [0.2, 0.25) is 0 Å². The quantitative estimate of drug-likeness (QED) is 0.837. The average molecular weight is 302 g/mol. The third-order valence-electron chi connectivity index (χ3n) is 4.97. The number of nitriles is 1. The Morgan fingerprint density at radius 3 is 2.74 bits per heavy atom. The monoisotopic (exact) mass is 302 g/mol. The first-order chi connectivity index (χ1) is 11.3. The molecule has 3 nitrogen and oxygen atoms in total. The summed E-state index contributed by atoms with van der Waals surface area (Å²) < 4.78 is 5.38. The van der Waals surface area contributed by atoms with Gasteiger partial charge in [-0.2, -0.15) is 5.26 Å². The molecule has 0 saturated heterocycles. The molecule has 0 spiro atoms. The Labute approximate surface area is 136 Å². The van der Waals surface area contributed by atoms with E-state index in [1.807, 2.05) is 18.2 Å². The number of allylic oxidation sites excluding steroid dienone is 2. The van der Waals surface area contributed by atoms with Crippen molar-refractivity contribution in [2.24, 2.45) is 5.92 Å². The van der Waals surface area contributed by atoms with Crippen LogP contribution in [-0.2, 0) is 0 Å². The summed E-state index contributed by atoms with van der Waals surface area (Å²) in [5.41, 5.74) is 4.43. The second kappa shape index (κ2) is 5.48. The number of hydrogen-bond donors (Lipinski definition) is 1. The molecule has 0 unspecified atom stereocenters. The molecule has 1 N–H and O–H groups in total. The minimum absolute atomic E-state index is 0.267. The maximum atomic E-state index is 8.98. The Morgan fingerprint density at radius 2 is 2.00 bits per heavy atom. The van der Waals surface area contributed by atoms with Gasteiger partial charge in [0.25, 0.3) is 0 Å². The molecule has 0 amide bonds. The van der Waals surface area contributed by atoms with Crippen LogP contribution in [0.25, 0.3) is 0 Å². The molecule has 23 heavy (non-hydrogen) atoms. The lowest BCUT2D eigenvalue weighted by Crippen LogP contribution is -2.29. The van der Waals surface area contributed by atoms with E-state index in [1.165, 1.54) is 16.8 Å². The lowest BCUT2D eigenvalue weighted by molar-refractivity contribution is 0.405. The number of anilines is 1. The van der Waals surface area contributed by atoms with Crippen LogP contribution >= 0.6 is 0 Å². The summed E-state index contributed by atoms with van der Waals surface area (Å²) in [6.07, 6.45) is 5.67. The standard InChI is InChI=1S/C20H18N2O/c1-23-15-9-10-19-18(11-15)16-3-2-4-17(16)20(22-19)14-7-5-13(12-21)6-8-14/h2-3,5-11,16-17,20,22H,4H2,1H3/t16-,17+,20-/m0/s1. The first-order valence-corrected chi connectivity index (χ1v) is 7.91. The zero-order chi connectivity index (χ0) is 15.8. The van der Waals surface area contributed by atoms with Crippen molar-refractivity contribution in [2.45, 2.75) is 18.4 Å². The van der Waals surface area contributed by atoms with E-state index in [2.05, 4.69) is 47.8 Å². The van der Waals surface area contributed by atoms with Crippen LogP contribution in [0, 0.1) is 17.2 Å². The normalized spacial score (nSPS) is 24.3. The molecule has 2 aliphatic rings. The Morgan fingerprint density at radius 1 is 1.17 bits per heavy atom. The van der Waals surface area contributed by atoms with Gasteiger partial charge in [-0.1, -0.05) is 24.3 Å². The van der Waals surface area contributed by atoms with Crippen LogP contribution in [0.1, 0.15) is 35.1 Å². The van der Waals surface area contributed by atoms with Gasteiger partial charge in [-0.3, -0.25) is 0 Å². The Balaban J connectivity index is 1.74. The van der Waals surface area contributed by atoms with Gasteiger partial charge in [0.05, 0.1) is 24.8 Å². The molecule has 114 valence electrons. The molecule has 3 heteroatoms. The molecule has 1 aliphatic carbocycles. The third-order valence-corrected chi connectivity index (χ3v) is 4.97. The second-order valence-corrected chi connectivity index (χ2v) is 6.16. The molecule has 0 saturated carbocycles. The van der Waals surface area contributed by atoms with E-state index >= 15 is 0 Å². The summed E-state index contributed by atoms with van der Waals surface area (Å²) in [5.74, 6) is 1.82. The second-order valence-electron chi connectivity index (χ2n) is 6.16. The predicted molar refractivity (Wildman–Crippen MR) is 90.5 cm³/mol. The summed E-state index contributed by atoms with van der Waals surface area (Å²) in [6.45, 7) is 0. The molecular formula is C20H18N2O. The van der Waals surface area contributed by atoms with E-state index in [0.29, 0.717) is 17.4 Å². The van der Waals surface area contributed by atoms with E-state index in [9.17, 15) is 0 Å². The van der Waals surface area contributed by atoms with Crippen LogP contribution in [-0.4, -0.2) is 7.11 Å². The average Bonchev–Trinajstić information content (AvgIpc) is 3.11. The first kappa shape index (κ1) is 13.9. The number of ether oxygens (including phenoxy) is 1. The SMILES string of the molecule is COc1ccc2c(c1)[C@H]1C=CC[C@H]1[C@H](c1ccc(C#N)cc1)N2. The van der Waals surface area contributed by atoms with E-state index < -0.39 is 0 Å². The largest absolute Gasteiger partial charge is 0.497 e. The number of rotatable bonds is 2. The molecule has 1 aliphatic heterocycles. The van der Waals surface area contributed by atoms with Gasteiger partial charge in [0.15, 0.2) is 0 Å². The molecule has 0 fully saturated rings. The fourth-order valence-electron chi connectivity index (χ4n) is 3.79. The molecular weight excluding hydrogens is 284 g/mol. The van der Waals surface area contributed by atoms with Gasteiger partial charge in [0.1, 0.15) is 5.75 Å². The number of benzene rings is 2. The zero-order valence-electron chi connectivity index (χ0n) is 13.0. The van der Waals surface area contributed by atoms with Gasteiger partial charge < -0.3 is 10.1 Å². The fourth-order valence-corrected chi connectivity index (χ4v) is 3.79. The molecule has 3 atom stereocenters. The van der Waals surface area contributed by atoms with Crippen molar-refractivity contribution in [3.8, 4) is 11.8 Å². The van der Waals surface area contributed by atoms with Crippen LogP contribution in [0.5, 0.6) is 5.75 Å². The lowest BCUT2D eigenvalue weighted by Gasteiger charge is -2.37. The van der Waals surface area contributed by atoms with Crippen molar-refractivity contribution >= 4 is 5.69 Å². The Hall–Kier alpha value is -2.73. The Kier molecular flexibility index (Phi) is 3.31. The molecule has 4 rings (SSSR count). The lowest BCUT2D eigenvalue weighted by atomic mass is 9.77. The van der Waals surface area contributed by atoms with Gasteiger partial charge in [0, 0.05) is 11.6 Å². The number of methoxy groups -OCH3 is 1. The van der Waals surface area contributed by atoms with Crippen LogP contribution < -0.4 is 10.1 Å². The van der Waals surface area contributed by atoms with Crippen LogP contribution in [0.2, 0.25) is 0 Å². The van der Waals surface area contributed by atoms with Crippen LogP contribution in [0.4, 0.5) is 5.69 Å². The zero-order valence-corrected chi connectivity index (χ0v) is 13.0. The van der Waals surface area contributed by atoms with E-state index in [0.717, 1.165) is 12.2 Å². The maximum absolute atomic E-state index is 8.98. The van der Waals surface area contributed by atoms with Crippen molar-refractivity contribution < 1.29 is 4.74 Å². The smallest absolute Gasteiger partial charge is 0.119 e. The van der Waals surface area contributed by atoms with Crippen LogP contribution in [0.15, 0.2) is 54.6 Å². The molecule has 0 aromatic heterocycles. The number of hydrogen-bond acceptors (Lipinski definition) is 3. The highest BCUT2D eigenvalue weighted by Crippen LogP contribution is 2.50. The topological polar surface area (TPSA) is 45.0 Å². The van der Waals surface area contributed by atoms with Crippen molar-refractivity contribution in [1.82, 2.24) is 0 Å². The molecule has 2 aromatic rings. The first-order valence-electron chi connectivity index (χ1n) is 7.91. The summed E-state index contributed by atoms with van der Waals surface area (Å²) in [6, 6.07) is 16.6. The number of fused-ring (bicyclic) bond motifs is 3. The minimum atomic E-state index is 0.267. The third kappa shape index (κ3) is 2.27. The summed E-state index contributed by atoms with van der Waals surface area (Å²) in [7, 11) is 1.71. The summed E-state index contributed by atoms with van der Waals surface area (Å²) in [5, 5.41) is 12.7. The molecule has 0 radical (unpaired) electrons. The van der Waals surface area contributed by atoms with Gasteiger partial charge in [-0.25, -0.2) is 0 Å². The van der Waals surface area contributed by atoms with Crippen molar-refractivity contribution in [1.29, 1.82) is 5.26 Å². The Bertz CT molecular complexity index is 801. The van der Waals surface area contributed by atoms with Crippen molar-refractivity contribution in [2.75, 3.05) is 12.4 Å². The van der Waals surface area contributed by atoms with Crippen molar-refractivity contribution in [3.63, 3.8) is 0 Å². The summed E-state index contributed by atoms with van der Waals surface area (Å²) in [4.78, 5) is 0. The highest BCUT2D eigenvalue weighted by molar-refractivity contribution is 5.61. The van der Waals surface area contributed by atoms with E-state index in [-0.39, 0.29) is 6.04 Å². The fraction of sp³-hybridized carbons (Fsp3) is 0.250. The summed E-state index contributed by atoms with van der Waals surface area (Å²) >= 11 is 0. The van der Waals surface area contributed by atoms with Gasteiger partial charge in [-0.15, -0.1) is 0 Å². The predicted octanol–water partition coefficient (Wildman–Crippen LogP) is 4.39. The highest BCUT2D eigenvalue weighted by Gasteiger charge is 2.37. The van der Waals surface area contributed by atoms with Crippen molar-refractivity contribution in [3.05, 3.63) is 71.3 Å². The van der Waals surface area contributed by atoms with Gasteiger partial charge in [-0.05, 0) is 53.8 Å². The number of nitrogens with one attached hydrogen (secondary N) is 1. The molecule has 1 heterocycles. The molecule has 0 bridgehead atoms. The van der Waals surface area contributed by atoms with Crippen LogP contribution in [0.3, 0.4) is 0 Å². The van der Waals surface area contributed by atoms with E-state index in [4.69, 9.17) is 10.00 Å². The van der Waals surface area contributed by atoms with E-state index in [1.54, 1.807) is 7.11 Å².